The van der Waals surface area contributed by atoms with E-state index in [0.29, 0.717) is 17.2 Å². The summed E-state index contributed by atoms with van der Waals surface area (Å²) in [5.41, 5.74) is -0.261. The number of nitro groups is 1. The SMILES string of the molecule is COC1=C(OC)C[C@]2([N+](=O)[O-])C(=O)N(C)c3ccccc3[C@@H]2C1. The third kappa shape index (κ3) is 1.92. The Kier molecular flexibility index (Phi) is 3.50. The first kappa shape index (κ1) is 15.3. The average Bonchev–Trinajstić information content (AvgIpc) is 2.58. The lowest BCUT2D eigenvalue weighted by atomic mass is 9.68. The molecule has 3 rings (SSSR count). The molecule has 2 aliphatic rings. The lowest BCUT2D eigenvalue weighted by molar-refractivity contribution is -0.558. The molecule has 7 heteroatoms. The lowest BCUT2D eigenvalue weighted by Gasteiger charge is -2.43. The minimum absolute atomic E-state index is 0.109. The summed E-state index contributed by atoms with van der Waals surface area (Å²) in [6.45, 7) is 0. The summed E-state index contributed by atoms with van der Waals surface area (Å²) in [4.78, 5) is 25.8. The molecule has 1 heterocycles. The second-order valence-electron chi connectivity index (χ2n) is 5.79. The second-order valence-corrected chi connectivity index (χ2v) is 5.79. The predicted octanol–water partition coefficient (Wildman–Crippen LogP) is 2.06. The molecule has 0 saturated carbocycles. The van der Waals surface area contributed by atoms with Crippen molar-refractivity contribution < 1.29 is 19.2 Å². The van der Waals surface area contributed by atoms with Crippen LogP contribution in [0.15, 0.2) is 35.8 Å². The maximum atomic E-state index is 12.9. The second kappa shape index (κ2) is 5.26. The van der Waals surface area contributed by atoms with Crippen LogP contribution in [0.5, 0.6) is 0 Å². The van der Waals surface area contributed by atoms with Gasteiger partial charge in [-0.25, -0.2) is 0 Å². The Labute approximate surface area is 133 Å². The van der Waals surface area contributed by atoms with E-state index in [2.05, 4.69) is 0 Å². The van der Waals surface area contributed by atoms with Gasteiger partial charge in [0.2, 0.25) is 0 Å². The summed E-state index contributed by atoms with van der Waals surface area (Å²) in [5.74, 6) is -0.175. The third-order valence-electron chi connectivity index (χ3n) is 4.87. The first-order valence-corrected chi connectivity index (χ1v) is 7.29. The van der Waals surface area contributed by atoms with E-state index in [4.69, 9.17) is 9.47 Å². The number of likely N-dealkylation sites (N-methyl/N-ethyl adjacent to an activating group) is 1. The zero-order chi connectivity index (χ0) is 16.8. The van der Waals surface area contributed by atoms with Gasteiger partial charge in [-0.1, -0.05) is 18.2 Å². The fourth-order valence-corrected chi connectivity index (χ4v) is 3.67. The summed E-state index contributed by atoms with van der Waals surface area (Å²) in [6, 6.07) is 7.29. The van der Waals surface area contributed by atoms with Crippen LogP contribution in [0.25, 0.3) is 0 Å². The Balaban J connectivity index is 2.26. The molecule has 0 unspecified atom stereocenters. The highest BCUT2D eigenvalue weighted by atomic mass is 16.6. The van der Waals surface area contributed by atoms with E-state index >= 15 is 0 Å². The van der Waals surface area contributed by atoms with Gasteiger partial charge in [0.1, 0.15) is 11.5 Å². The maximum absolute atomic E-state index is 12.9. The average molecular weight is 318 g/mol. The Morgan fingerprint density at radius 3 is 2.52 bits per heavy atom. The molecule has 0 saturated heterocycles. The smallest absolute Gasteiger partial charge is 0.313 e. The van der Waals surface area contributed by atoms with Crippen molar-refractivity contribution in [2.75, 3.05) is 26.2 Å². The van der Waals surface area contributed by atoms with E-state index in [9.17, 15) is 14.9 Å². The number of fused-ring (bicyclic) bond motifs is 3. The highest BCUT2D eigenvalue weighted by molar-refractivity contribution is 6.03. The lowest BCUT2D eigenvalue weighted by Crippen LogP contribution is -2.61. The summed E-state index contributed by atoms with van der Waals surface area (Å²) in [5, 5.41) is 12.0. The molecule has 0 bridgehead atoms. The number of methoxy groups -OCH3 is 2. The summed E-state index contributed by atoms with van der Waals surface area (Å²) < 4.78 is 10.6. The fourth-order valence-electron chi connectivity index (χ4n) is 3.67. The minimum atomic E-state index is -1.75. The van der Waals surface area contributed by atoms with Gasteiger partial charge in [0.05, 0.1) is 26.6 Å². The Morgan fingerprint density at radius 1 is 1.26 bits per heavy atom. The molecule has 7 nitrogen and oxygen atoms in total. The van der Waals surface area contributed by atoms with Crippen LogP contribution in [-0.2, 0) is 14.3 Å². The number of para-hydroxylation sites is 1. The standard InChI is InChI=1S/C16H18N2O5/c1-17-12-7-5-4-6-10(12)11-8-13(22-2)14(23-3)9-16(11,15(17)19)18(20)21/h4-7,11H,8-9H2,1-3H3/t11-,16+/m0/s1. The van der Waals surface area contributed by atoms with Crippen molar-refractivity contribution in [1.29, 1.82) is 0 Å². The van der Waals surface area contributed by atoms with E-state index in [1.54, 1.807) is 13.1 Å². The molecule has 0 fully saturated rings. The third-order valence-corrected chi connectivity index (χ3v) is 4.87. The summed E-state index contributed by atoms with van der Waals surface area (Å²) >= 11 is 0. The van der Waals surface area contributed by atoms with Gasteiger partial charge in [0.15, 0.2) is 0 Å². The van der Waals surface area contributed by atoms with Crippen LogP contribution in [0, 0.1) is 10.1 Å². The number of rotatable bonds is 3. The Bertz CT molecular complexity index is 714. The molecule has 0 spiro atoms. The number of allylic oxidation sites excluding steroid dienone is 1. The van der Waals surface area contributed by atoms with Crippen molar-refractivity contribution in [3.8, 4) is 0 Å². The molecular formula is C16H18N2O5. The maximum Gasteiger partial charge on any atom is 0.313 e. The van der Waals surface area contributed by atoms with E-state index in [0.717, 1.165) is 5.56 Å². The van der Waals surface area contributed by atoms with Gasteiger partial charge in [-0.05, 0) is 11.6 Å². The first-order valence-electron chi connectivity index (χ1n) is 7.29. The van der Waals surface area contributed by atoms with Crippen molar-refractivity contribution in [2.45, 2.75) is 24.3 Å². The van der Waals surface area contributed by atoms with E-state index < -0.39 is 22.3 Å². The van der Waals surface area contributed by atoms with Gasteiger partial charge in [-0.3, -0.25) is 14.9 Å². The van der Waals surface area contributed by atoms with E-state index in [1.807, 2.05) is 18.2 Å². The van der Waals surface area contributed by atoms with Crippen molar-refractivity contribution >= 4 is 11.6 Å². The number of amides is 1. The molecule has 0 N–H and O–H groups in total. The number of nitrogens with zero attached hydrogens (tertiary/aromatic N) is 2. The predicted molar refractivity (Wildman–Crippen MR) is 82.6 cm³/mol. The summed E-state index contributed by atoms with van der Waals surface area (Å²) in [7, 11) is 4.52. The van der Waals surface area contributed by atoms with Gasteiger partial charge in [0, 0.05) is 24.1 Å². The molecule has 1 aliphatic carbocycles. The molecule has 1 aromatic carbocycles. The van der Waals surface area contributed by atoms with Gasteiger partial charge in [-0.15, -0.1) is 0 Å². The zero-order valence-electron chi connectivity index (χ0n) is 13.2. The van der Waals surface area contributed by atoms with Crippen LogP contribution in [0.4, 0.5) is 5.69 Å². The number of carbonyl (C=O) groups excluding carboxylic acids is 1. The number of carbonyl (C=O) groups is 1. The molecule has 0 aromatic heterocycles. The van der Waals surface area contributed by atoms with Gasteiger partial charge < -0.3 is 14.4 Å². The fraction of sp³-hybridized carbons (Fsp3) is 0.438. The number of hydrogen-bond donors (Lipinski definition) is 0. The van der Waals surface area contributed by atoms with E-state index in [-0.39, 0.29) is 12.8 Å². The van der Waals surface area contributed by atoms with Crippen LogP contribution in [0.1, 0.15) is 24.3 Å². The summed E-state index contributed by atoms with van der Waals surface area (Å²) in [6.07, 6.45) is 0.152. The molecule has 1 aliphatic heterocycles. The van der Waals surface area contributed by atoms with Crippen LogP contribution in [0.3, 0.4) is 0 Å². The monoisotopic (exact) mass is 318 g/mol. The molecule has 1 aromatic rings. The molecule has 23 heavy (non-hydrogen) atoms. The number of hydrogen-bond acceptors (Lipinski definition) is 5. The quantitative estimate of drug-likeness (QED) is 0.629. The van der Waals surface area contributed by atoms with Crippen molar-refractivity contribution in [1.82, 2.24) is 0 Å². The van der Waals surface area contributed by atoms with Crippen LogP contribution in [-0.4, -0.2) is 37.6 Å². The highest BCUT2D eigenvalue weighted by Crippen LogP contribution is 2.51. The zero-order valence-corrected chi connectivity index (χ0v) is 13.2. The number of ether oxygens (including phenoxy) is 2. The molecule has 1 amide bonds. The number of benzene rings is 1. The Morgan fingerprint density at radius 2 is 1.91 bits per heavy atom. The molecular weight excluding hydrogens is 300 g/mol. The van der Waals surface area contributed by atoms with Crippen molar-refractivity contribution in [3.63, 3.8) is 0 Å². The normalized spacial score (nSPS) is 26.5. The molecule has 122 valence electrons. The van der Waals surface area contributed by atoms with Gasteiger partial charge in [-0.2, -0.15) is 0 Å². The van der Waals surface area contributed by atoms with Gasteiger partial charge >= 0.3 is 11.4 Å². The highest BCUT2D eigenvalue weighted by Gasteiger charge is 2.65. The largest absolute Gasteiger partial charge is 0.498 e. The van der Waals surface area contributed by atoms with E-state index in [1.165, 1.54) is 19.1 Å². The van der Waals surface area contributed by atoms with Crippen molar-refractivity contribution in [3.05, 3.63) is 51.5 Å². The first-order chi connectivity index (χ1) is 11.0. The van der Waals surface area contributed by atoms with Crippen LogP contribution >= 0.6 is 0 Å². The van der Waals surface area contributed by atoms with Gasteiger partial charge in [0.25, 0.3) is 0 Å². The van der Waals surface area contributed by atoms with Crippen molar-refractivity contribution in [2.24, 2.45) is 0 Å². The topological polar surface area (TPSA) is 81.9 Å². The molecule has 2 atom stereocenters. The van der Waals surface area contributed by atoms with Crippen LogP contribution in [0.2, 0.25) is 0 Å². The van der Waals surface area contributed by atoms with Crippen LogP contribution < -0.4 is 4.90 Å². The Hall–Kier alpha value is -2.57. The number of anilines is 1. The minimum Gasteiger partial charge on any atom is -0.498 e. The molecule has 0 radical (unpaired) electrons.